The molecule has 0 aromatic rings. The van der Waals surface area contributed by atoms with Gasteiger partial charge in [-0.3, -0.25) is 0 Å². The first-order valence-corrected chi connectivity index (χ1v) is 3.26. The van der Waals surface area contributed by atoms with Gasteiger partial charge in [-0.1, -0.05) is 0 Å². The lowest BCUT2D eigenvalue weighted by Gasteiger charge is -2.26. The van der Waals surface area contributed by atoms with Crippen molar-refractivity contribution in [3.63, 3.8) is 0 Å². The summed E-state index contributed by atoms with van der Waals surface area (Å²) in [5, 5.41) is 12.3. The Balaban J connectivity index is 2.68. The molecule has 2 nitrogen and oxygen atoms in total. The van der Waals surface area contributed by atoms with Crippen LogP contribution in [0.5, 0.6) is 0 Å². The fourth-order valence-electron chi connectivity index (χ4n) is 1.05. The van der Waals surface area contributed by atoms with Crippen LogP contribution in [0.4, 0.5) is 0 Å². The summed E-state index contributed by atoms with van der Waals surface area (Å²) in [7, 11) is 0. The smallest absolute Gasteiger partial charge is 0.0913 e. The van der Waals surface area contributed by atoms with Crippen molar-refractivity contribution in [1.29, 1.82) is 0 Å². The van der Waals surface area contributed by atoms with Crippen LogP contribution in [0, 0.1) is 0 Å². The van der Waals surface area contributed by atoms with Crippen LogP contribution >= 0.6 is 0 Å². The van der Waals surface area contributed by atoms with E-state index >= 15 is 0 Å². The quantitative estimate of drug-likeness (QED) is 0.512. The molecule has 0 bridgehead atoms. The number of aliphatic hydroxyl groups excluding tert-OH is 1. The summed E-state index contributed by atoms with van der Waals surface area (Å²) in [6, 6.07) is 0. The highest BCUT2D eigenvalue weighted by molar-refractivity contribution is 5.09. The van der Waals surface area contributed by atoms with Gasteiger partial charge in [-0.2, -0.15) is 0 Å². The maximum Gasteiger partial charge on any atom is 0.0913 e. The Hall–Kier alpha value is -0.500. The van der Waals surface area contributed by atoms with Gasteiger partial charge in [0.2, 0.25) is 0 Å². The van der Waals surface area contributed by atoms with Crippen molar-refractivity contribution in [3.8, 4) is 0 Å². The van der Waals surface area contributed by atoms with Gasteiger partial charge < -0.3 is 10.4 Å². The summed E-state index contributed by atoms with van der Waals surface area (Å²) in [5.41, 5.74) is -0.0116. The minimum Gasteiger partial charge on any atom is -0.513 e. The van der Waals surface area contributed by atoms with E-state index in [-0.39, 0.29) is 5.54 Å². The predicted molar refractivity (Wildman–Crippen MR) is 37.4 cm³/mol. The summed E-state index contributed by atoms with van der Waals surface area (Å²) >= 11 is 0. The first-order valence-electron chi connectivity index (χ1n) is 3.26. The molecule has 0 saturated heterocycles. The van der Waals surface area contributed by atoms with Gasteiger partial charge in [-0.25, -0.2) is 0 Å². The molecule has 1 aliphatic rings. The molecule has 9 heavy (non-hydrogen) atoms. The molecule has 2 N–H and O–H groups in total. The van der Waals surface area contributed by atoms with Crippen molar-refractivity contribution >= 4 is 0 Å². The first-order chi connectivity index (χ1) is 4.10. The van der Waals surface area contributed by atoms with Crippen LogP contribution in [0.3, 0.4) is 0 Å². The zero-order valence-electron chi connectivity index (χ0n) is 5.94. The van der Waals surface area contributed by atoms with E-state index in [9.17, 15) is 0 Å². The van der Waals surface area contributed by atoms with E-state index in [2.05, 4.69) is 5.32 Å². The van der Waals surface area contributed by atoms with Gasteiger partial charge in [0.25, 0.3) is 0 Å². The van der Waals surface area contributed by atoms with Gasteiger partial charge >= 0.3 is 0 Å². The molecule has 0 unspecified atom stereocenters. The standard InChI is InChI=1S/C7H13NO/c1-7(2)5-6(9)3-4-8-7/h5,8-9H,3-4H2,1-2H3. The van der Waals surface area contributed by atoms with Crippen molar-refractivity contribution in [2.24, 2.45) is 0 Å². The molecule has 0 fully saturated rings. The third-order valence-corrected chi connectivity index (χ3v) is 1.49. The summed E-state index contributed by atoms with van der Waals surface area (Å²) < 4.78 is 0. The molecule has 0 amide bonds. The van der Waals surface area contributed by atoms with Gasteiger partial charge in [0.05, 0.1) is 5.76 Å². The monoisotopic (exact) mass is 127 g/mol. The predicted octanol–water partition coefficient (Wildman–Crippen LogP) is 1.20. The minimum atomic E-state index is -0.0116. The molecule has 1 heterocycles. The lowest BCUT2D eigenvalue weighted by molar-refractivity contribution is 0.333. The molecule has 0 aromatic carbocycles. The second-order valence-corrected chi connectivity index (χ2v) is 3.03. The van der Waals surface area contributed by atoms with Crippen molar-refractivity contribution < 1.29 is 5.11 Å². The SMILES string of the molecule is CC1(C)C=C(O)CCN1. The van der Waals surface area contributed by atoms with Crippen LogP contribution in [0.25, 0.3) is 0 Å². The number of hydrogen-bond donors (Lipinski definition) is 2. The average Bonchev–Trinajstić information content (AvgIpc) is 1.60. The van der Waals surface area contributed by atoms with Gasteiger partial charge in [0.15, 0.2) is 0 Å². The van der Waals surface area contributed by atoms with Crippen LogP contribution in [0.2, 0.25) is 0 Å². The van der Waals surface area contributed by atoms with E-state index in [0.717, 1.165) is 13.0 Å². The van der Waals surface area contributed by atoms with Crippen molar-refractivity contribution in [3.05, 3.63) is 11.8 Å². The summed E-state index contributed by atoms with van der Waals surface area (Å²) in [4.78, 5) is 0. The second-order valence-electron chi connectivity index (χ2n) is 3.03. The molecule has 0 aromatic heterocycles. The Kier molecular flexibility index (Phi) is 1.49. The first kappa shape index (κ1) is 6.62. The molecule has 0 radical (unpaired) electrons. The fraction of sp³-hybridized carbons (Fsp3) is 0.714. The normalized spacial score (nSPS) is 25.3. The number of aliphatic hydroxyl groups is 1. The Labute approximate surface area is 55.6 Å². The topological polar surface area (TPSA) is 32.3 Å². The molecule has 1 aliphatic heterocycles. The Morgan fingerprint density at radius 3 is 2.67 bits per heavy atom. The highest BCUT2D eigenvalue weighted by Crippen LogP contribution is 2.13. The Morgan fingerprint density at radius 1 is 1.67 bits per heavy atom. The average molecular weight is 127 g/mol. The molecule has 0 spiro atoms. The Bertz CT molecular complexity index is 138. The fourth-order valence-corrected chi connectivity index (χ4v) is 1.05. The lowest BCUT2D eigenvalue weighted by Crippen LogP contribution is -2.41. The van der Waals surface area contributed by atoms with E-state index in [1.807, 2.05) is 19.9 Å². The molecule has 0 atom stereocenters. The largest absolute Gasteiger partial charge is 0.513 e. The van der Waals surface area contributed by atoms with Crippen LogP contribution in [-0.2, 0) is 0 Å². The molecule has 2 heteroatoms. The third kappa shape index (κ3) is 1.72. The minimum absolute atomic E-state index is 0.0116. The van der Waals surface area contributed by atoms with Crippen molar-refractivity contribution in [1.82, 2.24) is 5.32 Å². The highest BCUT2D eigenvalue weighted by atomic mass is 16.3. The van der Waals surface area contributed by atoms with E-state index in [4.69, 9.17) is 5.11 Å². The maximum absolute atomic E-state index is 9.07. The van der Waals surface area contributed by atoms with Crippen molar-refractivity contribution in [2.45, 2.75) is 25.8 Å². The summed E-state index contributed by atoms with van der Waals surface area (Å²) in [5.74, 6) is 0.513. The molecular weight excluding hydrogens is 114 g/mol. The summed E-state index contributed by atoms with van der Waals surface area (Å²) in [6.07, 6.45) is 2.62. The van der Waals surface area contributed by atoms with E-state index in [0.29, 0.717) is 5.76 Å². The van der Waals surface area contributed by atoms with Gasteiger partial charge in [-0.15, -0.1) is 0 Å². The van der Waals surface area contributed by atoms with Crippen LogP contribution in [0.15, 0.2) is 11.8 Å². The second kappa shape index (κ2) is 2.03. The maximum atomic E-state index is 9.07. The highest BCUT2D eigenvalue weighted by Gasteiger charge is 2.18. The van der Waals surface area contributed by atoms with Crippen LogP contribution in [-0.4, -0.2) is 17.2 Å². The van der Waals surface area contributed by atoms with E-state index in [1.54, 1.807) is 0 Å². The number of rotatable bonds is 0. The molecular formula is C7H13NO. The van der Waals surface area contributed by atoms with Gasteiger partial charge in [-0.05, 0) is 19.9 Å². The van der Waals surface area contributed by atoms with E-state index < -0.39 is 0 Å². The zero-order chi connectivity index (χ0) is 6.91. The van der Waals surface area contributed by atoms with Crippen LogP contribution in [0.1, 0.15) is 20.3 Å². The van der Waals surface area contributed by atoms with Gasteiger partial charge in [0.1, 0.15) is 0 Å². The summed E-state index contributed by atoms with van der Waals surface area (Å²) in [6.45, 7) is 4.97. The zero-order valence-corrected chi connectivity index (χ0v) is 5.94. The van der Waals surface area contributed by atoms with Gasteiger partial charge in [0, 0.05) is 18.5 Å². The van der Waals surface area contributed by atoms with Crippen molar-refractivity contribution in [2.75, 3.05) is 6.54 Å². The molecule has 1 rings (SSSR count). The van der Waals surface area contributed by atoms with Crippen LogP contribution < -0.4 is 5.32 Å². The molecule has 0 aliphatic carbocycles. The lowest BCUT2D eigenvalue weighted by atomic mass is 10.00. The third-order valence-electron chi connectivity index (χ3n) is 1.49. The number of hydrogen-bond acceptors (Lipinski definition) is 2. The Morgan fingerprint density at radius 2 is 2.33 bits per heavy atom. The van der Waals surface area contributed by atoms with E-state index in [1.165, 1.54) is 0 Å². The molecule has 0 saturated carbocycles. The number of nitrogens with one attached hydrogen (secondary N) is 1. The molecule has 52 valence electrons.